The largest absolute Gasteiger partial charge is 0.490 e. The van der Waals surface area contributed by atoms with Crippen molar-refractivity contribution in [3.63, 3.8) is 0 Å². The number of carboxylic acids is 1. The average Bonchev–Trinajstić information content (AvgIpc) is 3.00. The summed E-state index contributed by atoms with van der Waals surface area (Å²) in [5.74, 6) is -4.83. The maximum Gasteiger partial charge on any atom is 0.490 e. The fraction of sp³-hybridized carbons (Fsp3) is 0.474. The van der Waals surface area contributed by atoms with Gasteiger partial charge in [-0.25, -0.2) is 9.78 Å². The predicted molar refractivity (Wildman–Crippen MR) is 101 cm³/mol. The summed E-state index contributed by atoms with van der Waals surface area (Å²) in [7, 11) is 0. The van der Waals surface area contributed by atoms with Gasteiger partial charge in [0.1, 0.15) is 17.7 Å². The molecular formula is C19H19F3N4O7. The van der Waals surface area contributed by atoms with Crippen LogP contribution in [0.15, 0.2) is 12.3 Å². The number of nitrogens with zero attached hydrogens (tertiary/aromatic N) is 2. The first-order valence-corrected chi connectivity index (χ1v) is 9.88. The number of imide groups is 2. The first-order valence-electron chi connectivity index (χ1n) is 9.88. The summed E-state index contributed by atoms with van der Waals surface area (Å²) in [5, 5.41) is 12.5. The molecule has 0 bridgehead atoms. The molecule has 0 aliphatic carbocycles. The summed E-state index contributed by atoms with van der Waals surface area (Å²) in [6, 6.07) is 0.461. The topological polar surface area (TPSA) is 155 Å². The summed E-state index contributed by atoms with van der Waals surface area (Å²) in [6.07, 6.45) is -1.97. The lowest BCUT2D eigenvalue weighted by Crippen LogP contribution is -2.54. The van der Waals surface area contributed by atoms with Crippen molar-refractivity contribution >= 4 is 29.6 Å². The van der Waals surface area contributed by atoms with Gasteiger partial charge in [-0.05, 0) is 38.4 Å². The molecule has 3 aliphatic rings. The van der Waals surface area contributed by atoms with E-state index in [-0.39, 0.29) is 36.0 Å². The summed E-state index contributed by atoms with van der Waals surface area (Å²) >= 11 is 0. The number of ether oxygens (including phenoxy) is 1. The third-order valence-electron chi connectivity index (χ3n) is 5.13. The van der Waals surface area contributed by atoms with E-state index < -0.39 is 41.8 Å². The van der Waals surface area contributed by atoms with Crippen LogP contribution in [0, 0.1) is 0 Å². The van der Waals surface area contributed by atoms with Crippen LogP contribution in [0.2, 0.25) is 0 Å². The molecule has 4 amide bonds. The first kappa shape index (κ1) is 24.1. The Morgan fingerprint density at radius 2 is 1.76 bits per heavy atom. The van der Waals surface area contributed by atoms with Crippen LogP contribution in [0.5, 0.6) is 5.88 Å². The molecule has 14 heteroatoms. The number of carbonyl (C=O) groups is 5. The molecule has 1 atom stereocenters. The van der Waals surface area contributed by atoms with Crippen LogP contribution in [0.4, 0.5) is 13.2 Å². The number of amides is 4. The van der Waals surface area contributed by atoms with Gasteiger partial charge in [-0.1, -0.05) is 0 Å². The van der Waals surface area contributed by atoms with E-state index in [4.69, 9.17) is 14.6 Å². The average molecular weight is 472 g/mol. The fourth-order valence-corrected chi connectivity index (χ4v) is 3.54. The van der Waals surface area contributed by atoms with E-state index in [1.54, 1.807) is 0 Å². The Labute approximate surface area is 184 Å². The number of alkyl halides is 3. The standard InChI is InChI=1S/C17H18N4O5.C2HF3O2/c22-12-2-1-11(14(23)20-12)21-16(24)10-5-8-19-15(13(10)17(21)25)26-9-3-6-18-7-4-9;3-2(4,5)1(6)7/h5,8-9,11,18H,1-4,6-7H2,(H,20,22,23);(H,6,7). The first-order chi connectivity index (χ1) is 15.5. The van der Waals surface area contributed by atoms with Crippen LogP contribution in [0.3, 0.4) is 0 Å². The Balaban J connectivity index is 0.000000383. The zero-order valence-electron chi connectivity index (χ0n) is 17.0. The second kappa shape index (κ2) is 9.52. The van der Waals surface area contributed by atoms with Gasteiger partial charge in [0.05, 0.1) is 5.56 Å². The summed E-state index contributed by atoms with van der Waals surface area (Å²) in [6.45, 7) is 1.63. The van der Waals surface area contributed by atoms with Crippen LogP contribution in [-0.4, -0.2) is 76.0 Å². The van der Waals surface area contributed by atoms with Gasteiger partial charge in [0.2, 0.25) is 17.7 Å². The van der Waals surface area contributed by atoms with Gasteiger partial charge in [-0.3, -0.25) is 29.4 Å². The molecule has 3 aliphatic heterocycles. The highest BCUT2D eigenvalue weighted by Crippen LogP contribution is 2.33. The molecule has 0 spiro atoms. The van der Waals surface area contributed by atoms with E-state index in [1.165, 1.54) is 12.3 Å². The number of pyridine rings is 1. The molecule has 2 saturated heterocycles. The third-order valence-corrected chi connectivity index (χ3v) is 5.13. The fourth-order valence-electron chi connectivity index (χ4n) is 3.54. The highest BCUT2D eigenvalue weighted by Gasteiger charge is 2.46. The maximum absolute atomic E-state index is 12.9. The lowest BCUT2D eigenvalue weighted by atomic mass is 10.0. The van der Waals surface area contributed by atoms with Crippen molar-refractivity contribution in [2.75, 3.05) is 13.1 Å². The number of hydrogen-bond acceptors (Lipinski definition) is 8. The van der Waals surface area contributed by atoms with Gasteiger partial charge in [0, 0.05) is 12.6 Å². The van der Waals surface area contributed by atoms with E-state index >= 15 is 0 Å². The molecule has 178 valence electrons. The molecule has 0 saturated carbocycles. The molecule has 4 heterocycles. The third kappa shape index (κ3) is 5.27. The van der Waals surface area contributed by atoms with Gasteiger partial charge >= 0.3 is 12.1 Å². The van der Waals surface area contributed by atoms with Gasteiger partial charge in [-0.2, -0.15) is 13.2 Å². The van der Waals surface area contributed by atoms with Crippen molar-refractivity contribution in [1.82, 2.24) is 20.5 Å². The van der Waals surface area contributed by atoms with Crippen LogP contribution in [-0.2, 0) is 14.4 Å². The zero-order valence-corrected chi connectivity index (χ0v) is 17.0. The molecular weight excluding hydrogens is 453 g/mol. The summed E-state index contributed by atoms with van der Waals surface area (Å²) in [4.78, 5) is 63.0. The van der Waals surface area contributed by atoms with Crippen molar-refractivity contribution < 1.29 is 47.0 Å². The Hall–Kier alpha value is -3.55. The Bertz CT molecular complexity index is 992. The minimum Gasteiger partial charge on any atom is -0.475 e. The quantitative estimate of drug-likeness (QED) is 0.525. The number of fused-ring (bicyclic) bond motifs is 1. The van der Waals surface area contributed by atoms with E-state index in [9.17, 15) is 32.3 Å². The van der Waals surface area contributed by atoms with Crippen LogP contribution in [0.25, 0.3) is 0 Å². The molecule has 11 nitrogen and oxygen atoms in total. The number of halogens is 3. The van der Waals surface area contributed by atoms with Crippen molar-refractivity contribution in [3.8, 4) is 5.88 Å². The van der Waals surface area contributed by atoms with Crippen molar-refractivity contribution in [1.29, 1.82) is 0 Å². The normalized spacial score (nSPS) is 21.2. The van der Waals surface area contributed by atoms with Crippen molar-refractivity contribution in [2.24, 2.45) is 0 Å². The molecule has 4 rings (SSSR count). The predicted octanol–water partition coefficient (Wildman–Crippen LogP) is 0.247. The smallest absolute Gasteiger partial charge is 0.475 e. The van der Waals surface area contributed by atoms with E-state index in [0.29, 0.717) is 0 Å². The Morgan fingerprint density at radius 1 is 1.12 bits per heavy atom. The van der Waals surface area contributed by atoms with Crippen LogP contribution < -0.4 is 15.4 Å². The summed E-state index contributed by atoms with van der Waals surface area (Å²) in [5.41, 5.74) is 0.277. The van der Waals surface area contributed by atoms with Crippen LogP contribution >= 0.6 is 0 Å². The molecule has 3 N–H and O–H groups in total. The SMILES string of the molecule is O=C(O)C(F)(F)F.O=C1CCC(N2C(=O)c3ccnc(OC4CCNCC4)c3C2=O)C(=O)N1. The van der Waals surface area contributed by atoms with Gasteiger partial charge in [0.25, 0.3) is 11.8 Å². The number of nitrogens with one attached hydrogen (secondary N) is 2. The Morgan fingerprint density at radius 3 is 2.33 bits per heavy atom. The van der Waals surface area contributed by atoms with Crippen LogP contribution in [0.1, 0.15) is 46.4 Å². The van der Waals surface area contributed by atoms with Crippen molar-refractivity contribution in [2.45, 2.75) is 44.0 Å². The number of carbonyl (C=O) groups excluding carboxylic acids is 4. The van der Waals surface area contributed by atoms with Gasteiger partial charge in [0.15, 0.2) is 0 Å². The van der Waals surface area contributed by atoms with E-state index in [2.05, 4.69) is 15.6 Å². The second-order valence-corrected chi connectivity index (χ2v) is 7.36. The molecule has 1 aromatic heterocycles. The highest BCUT2D eigenvalue weighted by molar-refractivity contribution is 6.24. The van der Waals surface area contributed by atoms with Gasteiger partial charge < -0.3 is 15.2 Å². The number of piperidine rings is 2. The minimum absolute atomic E-state index is 0.0807. The minimum atomic E-state index is -5.08. The molecule has 33 heavy (non-hydrogen) atoms. The number of aromatic nitrogens is 1. The second-order valence-electron chi connectivity index (χ2n) is 7.36. The molecule has 2 fully saturated rings. The lowest BCUT2D eigenvalue weighted by molar-refractivity contribution is -0.192. The maximum atomic E-state index is 12.9. The van der Waals surface area contributed by atoms with E-state index in [1.807, 2.05) is 0 Å². The molecule has 1 unspecified atom stereocenters. The summed E-state index contributed by atoms with van der Waals surface area (Å²) < 4.78 is 37.6. The number of rotatable bonds is 3. The molecule has 0 aromatic carbocycles. The van der Waals surface area contributed by atoms with Gasteiger partial charge in [-0.15, -0.1) is 0 Å². The number of aliphatic carboxylic acids is 1. The number of carboxylic acid groups (broad SMARTS) is 1. The highest BCUT2D eigenvalue weighted by atomic mass is 19.4. The monoisotopic (exact) mass is 472 g/mol. The molecule has 0 radical (unpaired) electrons. The Kier molecular flexibility index (Phi) is 6.95. The van der Waals surface area contributed by atoms with E-state index in [0.717, 1.165) is 30.8 Å². The number of hydrogen-bond donors (Lipinski definition) is 3. The van der Waals surface area contributed by atoms with Crippen molar-refractivity contribution in [3.05, 3.63) is 23.4 Å². The zero-order chi connectivity index (χ0) is 24.3. The molecule has 1 aromatic rings. The lowest BCUT2D eigenvalue weighted by Gasteiger charge is -2.28.